The van der Waals surface area contributed by atoms with Crippen LogP contribution in [0.3, 0.4) is 0 Å². The zero-order valence-corrected chi connectivity index (χ0v) is 14.9. The van der Waals surface area contributed by atoms with Crippen LogP contribution < -0.4 is 0 Å². The summed E-state index contributed by atoms with van der Waals surface area (Å²) in [7, 11) is 3.98. The standard InChI is InChI=1S/C15H26N2O3S2/c1-2-20-15(19)17-10-8-16(9-11-17)14(18)6-4-3-5-13-7-12-21-22-13/h13H,2-12H2,1H3/t13-/m1/s1. The van der Waals surface area contributed by atoms with E-state index in [9.17, 15) is 9.59 Å². The van der Waals surface area contributed by atoms with Crippen LogP contribution in [0.5, 0.6) is 0 Å². The predicted molar refractivity (Wildman–Crippen MR) is 92.1 cm³/mol. The highest BCUT2D eigenvalue weighted by Crippen LogP contribution is 2.39. The average Bonchev–Trinajstić information content (AvgIpc) is 3.05. The Balaban J connectivity index is 1.57. The minimum atomic E-state index is -0.262. The molecule has 0 unspecified atom stereocenters. The number of hydrogen-bond acceptors (Lipinski definition) is 5. The lowest BCUT2D eigenvalue weighted by molar-refractivity contribution is -0.132. The third kappa shape index (κ3) is 5.57. The van der Waals surface area contributed by atoms with Crippen LogP contribution in [-0.4, -0.2) is 65.6 Å². The minimum absolute atomic E-state index is 0.233. The van der Waals surface area contributed by atoms with E-state index >= 15 is 0 Å². The molecule has 0 bridgehead atoms. The average molecular weight is 347 g/mol. The Morgan fingerprint density at radius 1 is 1.14 bits per heavy atom. The molecule has 0 saturated carbocycles. The number of rotatable bonds is 6. The molecule has 0 radical (unpaired) electrons. The van der Waals surface area contributed by atoms with Crippen LogP contribution in [0, 0.1) is 0 Å². The van der Waals surface area contributed by atoms with Gasteiger partial charge in [-0.05, 0) is 26.2 Å². The van der Waals surface area contributed by atoms with E-state index in [1.807, 2.05) is 26.5 Å². The van der Waals surface area contributed by atoms with Crippen molar-refractivity contribution in [2.45, 2.75) is 44.3 Å². The summed E-state index contributed by atoms with van der Waals surface area (Å²) in [5, 5.41) is 0.799. The largest absolute Gasteiger partial charge is 0.450 e. The van der Waals surface area contributed by atoms with Crippen molar-refractivity contribution in [2.75, 3.05) is 38.5 Å². The van der Waals surface area contributed by atoms with Gasteiger partial charge in [0.05, 0.1) is 6.61 Å². The maximum atomic E-state index is 12.2. The van der Waals surface area contributed by atoms with Gasteiger partial charge in [0.2, 0.25) is 5.91 Å². The summed E-state index contributed by atoms with van der Waals surface area (Å²) < 4.78 is 4.99. The van der Waals surface area contributed by atoms with Crippen molar-refractivity contribution in [2.24, 2.45) is 0 Å². The highest BCUT2D eigenvalue weighted by Gasteiger charge is 2.24. The van der Waals surface area contributed by atoms with E-state index in [-0.39, 0.29) is 12.0 Å². The summed E-state index contributed by atoms with van der Waals surface area (Å²) in [6.45, 7) is 4.64. The lowest BCUT2D eigenvalue weighted by Gasteiger charge is -2.34. The topological polar surface area (TPSA) is 49.9 Å². The van der Waals surface area contributed by atoms with Crippen LogP contribution in [-0.2, 0) is 9.53 Å². The lowest BCUT2D eigenvalue weighted by atomic mass is 10.1. The minimum Gasteiger partial charge on any atom is -0.450 e. The molecule has 0 aromatic heterocycles. The molecule has 2 heterocycles. The van der Waals surface area contributed by atoms with Crippen LogP contribution in [0.1, 0.15) is 39.0 Å². The Kier molecular flexibility index (Phi) is 7.72. The van der Waals surface area contributed by atoms with Gasteiger partial charge in [0.25, 0.3) is 0 Å². The number of amides is 2. The molecule has 2 amide bonds. The fourth-order valence-corrected chi connectivity index (χ4v) is 5.75. The van der Waals surface area contributed by atoms with Gasteiger partial charge in [-0.1, -0.05) is 28.0 Å². The number of carbonyl (C=O) groups excluding carboxylic acids is 2. The molecule has 2 rings (SSSR count). The van der Waals surface area contributed by atoms with Crippen LogP contribution >= 0.6 is 21.6 Å². The van der Waals surface area contributed by atoms with Crippen molar-refractivity contribution in [3.63, 3.8) is 0 Å². The van der Waals surface area contributed by atoms with Crippen molar-refractivity contribution < 1.29 is 14.3 Å². The second-order valence-electron chi connectivity index (χ2n) is 5.64. The molecule has 0 aromatic carbocycles. The molecule has 5 nitrogen and oxygen atoms in total. The Hall–Kier alpha value is -0.560. The van der Waals surface area contributed by atoms with E-state index in [0.717, 1.165) is 18.1 Å². The number of carbonyl (C=O) groups is 2. The maximum absolute atomic E-state index is 12.2. The van der Waals surface area contributed by atoms with Gasteiger partial charge in [-0.2, -0.15) is 0 Å². The van der Waals surface area contributed by atoms with Gasteiger partial charge in [-0.15, -0.1) is 0 Å². The number of nitrogens with zero attached hydrogens (tertiary/aromatic N) is 2. The van der Waals surface area contributed by atoms with E-state index in [4.69, 9.17) is 4.74 Å². The Morgan fingerprint density at radius 2 is 1.86 bits per heavy atom. The molecule has 0 aliphatic carbocycles. The van der Waals surface area contributed by atoms with E-state index in [1.165, 1.54) is 18.6 Å². The first-order valence-corrected chi connectivity index (χ1v) is 10.6. The summed E-state index contributed by atoms with van der Waals surface area (Å²) in [4.78, 5) is 27.4. The highest BCUT2D eigenvalue weighted by molar-refractivity contribution is 8.77. The molecule has 22 heavy (non-hydrogen) atoms. The fourth-order valence-electron chi connectivity index (χ4n) is 2.72. The Morgan fingerprint density at radius 3 is 2.50 bits per heavy atom. The van der Waals surface area contributed by atoms with Crippen LogP contribution in [0.2, 0.25) is 0 Å². The summed E-state index contributed by atoms with van der Waals surface area (Å²) in [6, 6.07) is 0. The van der Waals surface area contributed by atoms with Gasteiger partial charge in [-0.3, -0.25) is 4.79 Å². The van der Waals surface area contributed by atoms with E-state index < -0.39 is 0 Å². The molecule has 2 aliphatic rings. The smallest absolute Gasteiger partial charge is 0.409 e. The molecule has 2 fully saturated rings. The molecule has 126 valence electrons. The first-order valence-electron chi connectivity index (χ1n) is 8.18. The molecular weight excluding hydrogens is 320 g/mol. The maximum Gasteiger partial charge on any atom is 0.409 e. The molecule has 0 N–H and O–H groups in total. The van der Waals surface area contributed by atoms with Gasteiger partial charge in [0.1, 0.15) is 0 Å². The first kappa shape index (κ1) is 17.8. The summed E-state index contributed by atoms with van der Waals surface area (Å²) in [5.74, 6) is 1.51. The third-order valence-electron chi connectivity index (χ3n) is 4.05. The van der Waals surface area contributed by atoms with E-state index in [1.54, 1.807) is 11.8 Å². The van der Waals surface area contributed by atoms with Crippen molar-refractivity contribution >= 4 is 33.6 Å². The number of piperazine rings is 1. The summed E-state index contributed by atoms with van der Waals surface area (Å²) in [5.41, 5.74) is 0. The second kappa shape index (κ2) is 9.55. The zero-order chi connectivity index (χ0) is 15.8. The number of hydrogen-bond donors (Lipinski definition) is 0. The molecule has 7 heteroatoms. The van der Waals surface area contributed by atoms with Crippen LogP contribution in [0.15, 0.2) is 0 Å². The van der Waals surface area contributed by atoms with Crippen LogP contribution in [0.25, 0.3) is 0 Å². The van der Waals surface area contributed by atoms with Gasteiger partial charge < -0.3 is 14.5 Å². The summed E-state index contributed by atoms with van der Waals surface area (Å²) >= 11 is 0. The number of ether oxygens (including phenoxy) is 1. The fraction of sp³-hybridized carbons (Fsp3) is 0.867. The Labute approximate surface area is 140 Å². The van der Waals surface area contributed by atoms with Gasteiger partial charge in [0, 0.05) is 43.6 Å². The Bertz CT molecular complexity index is 368. The SMILES string of the molecule is CCOC(=O)N1CCN(C(=O)CCCC[C@@H]2CCSS2)CC1. The molecular formula is C15H26N2O3S2. The van der Waals surface area contributed by atoms with Crippen molar-refractivity contribution in [1.82, 2.24) is 9.80 Å². The molecule has 2 aliphatic heterocycles. The van der Waals surface area contributed by atoms with Crippen molar-refractivity contribution in [3.8, 4) is 0 Å². The highest BCUT2D eigenvalue weighted by atomic mass is 33.1. The third-order valence-corrected chi connectivity index (χ3v) is 7.06. The normalized spacial score (nSPS) is 22.0. The van der Waals surface area contributed by atoms with Crippen molar-refractivity contribution in [3.05, 3.63) is 0 Å². The van der Waals surface area contributed by atoms with Crippen LogP contribution in [0.4, 0.5) is 4.79 Å². The first-order chi connectivity index (χ1) is 10.7. The quantitative estimate of drug-likeness (QED) is 0.547. The van der Waals surface area contributed by atoms with Crippen molar-refractivity contribution in [1.29, 1.82) is 0 Å². The van der Waals surface area contributed by atoms with Gasteiger partial charge in [0.15, 0.2) is 0 Å². The molecule has 2 saturated heterocycles. The van der Waals surface area contributed by atoms with E-state index in [2.05, 4.69) is 0 Å². The zero-order valence-electron chi connectivity index (χ0n) is 13.3. The molecule has 0 spiro atoms. The number of unbranched alkanes of at least 4 members (excludes halogenated alkanes) is 1. The molecule has 0 aromatic rings. The van der Waals surface area contributed by atoms with E-state index in [0.29, 0.717) is 39.2 Å². The second-order valence-corrected chi connectivity index (χ2v) is 8.43. The monoisotopic (exact) mass is 346 g/mol. The van der Waals surface area contributed by atoms with Gasteiger partial charge in [-0.25, -0.2) is 4.79 Å². The lowest BCUT2D eigenvalue weighted by Crippen LogP contribution is -2.50. The molecule has 1 atom stereocenters. The predicted octanol–water partition coefficient (Wildman–Crippen LogP) is 3.00. The summed E-state index contributed by atoms with van der Waals surface area (Å²) in [6.07, 6.45) is 5.07. The van der Waals surface area contributed by atoms with Gasteiger partial charge >= 0.3 is 6.09 Å².